The molecule has 3 heterocycles. The summed E-state index contributed by atoms with van der Waals surface area (Å²) < 4.78 is 0. The Bertz CT molecular complexity index is 958. The monoisotopic (exact) mass is 399 g/mol. The molecule has 0 N–H and O–H groups in total. The standard InChI is InChI=1S/C25H29N5/c1-3-9-21(10-4-1)18-29-15-7-13-25(19-29)14-8-16-30(20-25)24-27-23(17-26-28-24)22-11-5-2-6-12-22/h1-6,9-12,17H,7-8,13-16,18-20H2. The molecule has 1 aromatic heterocycles. The van der Waals surface area contributed by atoms with E-state index < -0.39 is 0 Å². The van der Waals surface area contributed by atoms with Crippen LogP contribution in [0.4, 0.5) is 5.95 Å². The van der Waals surface area contributed by atoms with Gasteiger partial charge in [0, 0.05) is 37.2 Å². The number of anilines is 1. The van der Waals surface area contributed by atoms with Crippen molar-refractivity contribution >= 4 is 5.95 Å². The first kappa shape index (κ1) is 19.2. The van der Waals surface area contributed by atoms with Gasteiger partial charge in [0.1, 0.15) is 0 Å². The molecule has 0 saturated carbocycles. The Morgan fingerprint density at radius 2 is 1.57 bits per heavy atom. The molecule has 2 aliphatic rings. The molecule has 5 rings (SSSR count). The first-order valence-electron chi connectivity index (χ1n) is 11.1. The van der Waals surface area contributed by atoms with Crippen molar-refractivity contribution in [3.8, 4) is 11.3 Å². The van der Waals surface area contributed by atoms with Crippen LogP contribution in [0, 0.1) is 5.41 Å². The van der Waals surface area contributed by atoms with Crippen molar-refractivity contribution in [3.05, 3.63) is 72.4 Å². The van der Waals surface area contributed by atoms with Crippen LogP contribution in [0.3, 0.4) is 0 Å². The van der Waals surface area contributed by atoms with Crippen LogP contribution in [-0.2, 0) is 6.54 Å². The molecule has 0 aliphatic carbocycles. The Labute approximate surface area is 178 Å². The van der Waals surface area contributed by atoms with Crippen LogP contribution in [-0.4, -0.2) is 46.3 Å². The largest absolute Gasteiger partial charge is 0.339 e. The van der Waals surface area contributed by atoms with Gasteiger partial charge in [0.2, 0.25) is 5.95 Å². The van der Waals surface area contributed by atoms with Gasteiger partial charge in [-0.3, -0.25) is 4.90 Å². The highest BCUT2D eigenvalue weighted by molar-refractivity contribution is 5.58. The van der Waals surface area contributed by atoms with Crippen LogP contribution in [0.2, 0.25) is 0 Å². The maximum atomic E-state index is 4.87. The molecule has 30 heavy (non-hydrogen) atoms. The van der Waals surface area contributed by atoms with E-state index in [0.717, 1.165) is 43.4 Å². The van der Waals surface area contributed by atoms with Gasteiger partial charge in [-0.05, 0) is 37.8 Å². The summed E-state index contributed by atoms with van der Waals surface area (Å²) in [7, 11) is 0. The molecule has 0 radical (unpaired) electrons. The fraction of sp³-hybridized carbons (Fsp3) is 0.400. The minimum atomic E-state index is 0.331. The Morgan fingerprint density at radius 1 is 0.833 bits per heavy atom. The van der Waals surface area contributed by atoms with Gasteiger partial charge in [-0.1, -0.05) is 60.7 Å². The molecular weight excluding hydrogens is 370 g/mol. The zero-order chi connectivity index (χ0) is 20.2. The highest BCUT2D eigenvalue weighted by Gasteiger charge is 2.39. The summed E-state index contributed by atoms with van der Waals surface area (Å²) >= 11 is 0. The quantitative estimate of drug-likeness (QED) is 0.650. The van der Waals surface area contributed by atoms with Gasteiger partial charge in [-0.15, -0.1) is 5.10 Å². The smallest absolute Gasteiger partial charge is 0.245 e. The fourth-order valence-electron chi connectivity index (χ4n) is 5.17. The molecule has 1 spiro atoms. The Morgan fingerprint density at radius 3 is 2.37 bits per heavy atom. The van der Waals surface area contributed by atoms with Crippen LogP contribution in [0.15, 0.2) is 66.9 Å². The molecular formula is C25H29N5. The lowest BCUT2D eigenvalue weighted by Crippen LogP contribution is -2.52. The lowest BCUT2D eigenvalue weighted by Gasteiger charge is -2.48. The number of aromatic nitrogens is 3. The van der Waals surface area contributed by atoms with Gasteiger partial charge in [-0.25, -0.2) is 4.98 Å². The van der Waals surface area contributed by atoms with Crippen molar-refractivity contribution in [1.29, 1.82) is 0 Å². The summed E-state index contributed by atoms with van der Waals surface area (Å²) in [6, 6.07) is 21.1. The second kappa shape index (κ2) is 8.52. The zero-order valence-electron chi connectivity index (χ0n) is 17.5. The Balaban J connectivity index is 1.32. The second-order valence-corrected chi connectivity index (χ2v) is 8.83. The fourth-order valence-corrected chi connectivity index (χ4v) is 5.17. The van der Waals surface area contributed by atoms with E-state index in [1.807, 2.05) is 18.2 Å². The number of benzene rings is 2. The van der Waals surface area contributed by atoms with Crippen molar-refractivity contribution in [2.75, 3.05) is 31.1 Å². The molecule has 0 bridgehead atoms. The SMILES string of the molecule is c1ccc(CN2CCCC3(CCCN(c4nncc(-c5ccccc5)n4)C3)C2)cc1. The summed E-state index contributed by atoms with van der Waals surface area (Å²) in [6.45, 7) is 5.44. The maximum absolute atomic E-state index is 4.87. The van der Waals surface area contributed by atoms with Crippen molar-refractivity contribution < 1.29 is 0 Å². The summed E-state index contributed by atoms with van der Waals surface area (Å²) in [5.74, 6) is 0.774. The number of hydrogen-bond donors (Lipinski definition) is 0. The second-order valence-electron chi connectivity index (χ2n) is 8.83. The summed E-state index contributed by atoms with van der Waals surface area (Å²) in [6.07, 6.45) is 6.81. The summed E-state index contributed by atoms with van der Waals surface area (Å²) in [5, 5.41) is 8.68. The maximum Gasteiger partial charge on any atom is 0.245 e. The first-order chi connectivity index (χ1) is 14.8. The van der Waals surface area contributed by atoms with E-state index in [4.69, 9.17) is 4.98 Å². The molecule has 154 valence electrons. The molecule has 2 aromatic carbocycles. The van der Waals surface area contributed by atoms with Gasteiger partial charge in [0.25, 0.3) is 0 Å². The van der Waals surface area contributed by atoms with Crippen LogP contribution < -0.4 is 4.90 Å². The molecule has 3 aromatic rings. The molecule has 5 heteroatoms. The third-order valence-corrected chi connectivity index (χ3v) is 6.55. The summed E-state index contributed by atoms with van der Waals surface area (Å²) in [5.41, 5.74) is 3.73. The topological polar surface area (TPSA) is 45.2 Å². The number of nitrogens with zero attached hydrogens (tertiary/aromatic N) is 5. The number of hydrogen-bond acceptors (Lipinski definition) is 5. The van der Waals surface area contributed by atoms with Gasteiger partial charge in [0.15, 0.2) is 0 Å². The lowest BCUT2D eigenvalue weighted by atomic mass is 9.73. The van der Waals surface area contributed by atoms with Gasteiger partial charge >= 0.3 is 0 Å². The lowest BCUT2D eigenvalue weighted by molar-refractivity contribution is 0.0680. The summed E-state index contributed by atoms with van der Waals surface area (Å²) in [4.78, 5) is 9.88. The molecule has 0 amide bonds. The molecule has 1 unspecified atom stereocenters. The van der Waals surface area contributed by atoms with Gasteiger partial charge in [0.05, 0.1) is 11.9 Å². The molecule has 2 fully saturated rings. The molecule has 2 aliphatic heterocycles. The predicted molar refractivity (Wildman–Crippen MR) is 120 cm³/mol. The Kier molecular flexibility index (Phi) is 5.45. The Hall–Kier alpha value is -2.79. The van der Waals surface area contributed by atoms with Crippen molar-refractivity contribution in [2.45, 2.75) is 32.2 Å². The van der Waals surface area contributed by atoms with E-state index in [-0.39, 0.29) is 0 Å². The van der Waals surface area contributed by atoms with Crippen molar-refractivity contribution in [1.82, 2.24) is 20.1 Å². The van der Waals surface area contributed by atoms with E-state index in [0.29, 0.717) is 5.41 Å². The number of likely N-dealkylation sites (tertiary alicyclic amines) is 1. The van der Waals surface area contributed by atoms with Crippen LogP contribution in [0.1, 0.15) is 31.2 Å². The van der Waals surface area contributed by atoms with Crippen molar-refractivity contribution in [2.24, 2.45) is 5.41 Å². The highest BCUT2D eigenvalue weighted by atomic mass is 15.3. The third kappa shape index (κ3) is 4.21. The van der Waals surface area contributed by atoms with Gasteiger partial charge in [-0.2, -0.15) is 5.10 Å². The normalized spacial score (nSPS) is 22.3. The average Bonchev–Trinajstić information content (AvgIpc) is 2.81. The number of rotatable bonds is 4. The number of piperidine rings is 2. The molecule has 1 atom stereocenters. The first-order valence-corrected chi connectivity index (χ1v) is 11.1. The molecule has 2 saturated heterocycles. The van der Waals surface area contributed by atoms with E-state index >= 15 is 0 Å². The van der Waals surface area contributed by atoms with E-state index in [1.165, 1.54) is 37.8 Å². The minimum absolute atomic E-state index is 0.331. The average molecular weight is 400 g/mol. The van der Waals surface area contributed by atoms with E-state index in [9.17, 15) is 0 Å². The van der Waals surface area contributed by atoms with E-state index in [2.05, 4.69) is 62.5 Å². The highest BCUT2D eigenvalue weighted by Crippen LogP contribution is 2.39. The third-order valence-electron chi connectivity index (χ3n) is 6.55. The van der Waals surface area contributed by atoms with Gasteiger partial charge < -0.3 is 4.90 Å². The van der Waals surface area contributed by atoms with E-state index in [1.54, 1.807) is 6.20 Å². The zero-order valence-corrected chi connectivity index (χ0v) is 17.5. The molecule has 5 nitrogen and oxygen atoms in total. The minimum Gasteiger partial charge on any atom is -0.339 e. The van der Waals surface area contributed by atoms with Crippen LogP contribution in [0.25, 0.3) is 11.3 Å². The van der Waals surface area contributed by atoms with Crippen molar-refractivity contribution in [3.63, 3.8) is 0 Å². The van der Waals surface area contributed by atoms with Crippen LogP contribution >= 0.6 is 0 Å². The van der Waals surface area contributed by atoms with Crippen LogP contribution in [0.5, 0.6) is 0 Å². The predicted octanol–water partition coefficient (Wildman–Crippen LogP) is 4.42.